The quantitative estimate of drug-likeness (QED) is 0.841. The monoisotopic (exact) mass is 275 g/mol. The Morgan fingerprint density at radius 3 is 2.45 bits per heavy atom. The predicted octanol–water partition coefficient (Wildman–Crippen LogP) is 2.06. The SMILES string of the molecule is CC(C)C(=O)N1CCN(CCN(C)C)c2ccccc21. The Labute approximate surface area is 122 Å². The van der Waals surface area contributed by atoms with E-state index in [1.54, 1.807) is 0 Å². The van der Waals surface area contributed by atoms with Gasteiger partial charge < -0.3 is 14.7 Å². The van der Waals surface area contributed by atoms with E-state index in [1.807, 2.05) is 30.9 Å². The smallest absolute Gasteiger partial charge is 0.229 e. The number of hydrogen-bond donors (Lipinski definition) is 0. The topological polar surface area (TPSA) is 26.8 Å². The number of benzene rings is 1. The lowest BCUT2D eigenvalue weighted by Gasteiger charge is -2.38. The Bertz CT molecular complexity index is 471. The summed E-state index contributed by atoms with van der Waals surface area (Å²) >= 11 is 0. The van der Waals surface area contributed by atoms with E-state index in [0.717, 1.165) is 31.9 Å². The number of likely N-dealkylation sites (N-methyl/N-ethyl adjacent to an activating group) is 1. The lowest BCUT2D eigenvalue weighted by atomic mass is 10.1. The van der Waals surface area contributed by atoms with Gasteiger partial charge in [0, 0.05) is 32.1 Å². The highest BCUT2D eigenvalue weighted by molar-refractivity contribution is 5.98. The average molecular weight is 275 g/mol. The number of para-hydroxylation sites is 2. The maximum Gasteiger partial charge on any atom is 0.229 e. The molecule has 1 heterocycles. The van der Waals surface area contributed by atoms with Crippen molar-refractivity contribution in [2.24, 2.45) is 5.92 Å². The molecule has 0 N–H and O–H groups in total. The zero-order valence-electron chi connectivity index (χ0n) is 13.0. The molecular formula is C16H25N3O. The zero-order valence-corrected chi connectivity index (χ0v) is 13.0. The number of anilines is 2. The van der Waals surface area contributed by atoms with Crippen LogP contribution in [0.2, 0.25) is 0 Å². The summed E-state index contributed by atoms with van der Waals surface area (Å²) in [7, 11) is 4.18. The first-order valence-corrected chi connectivity index (χ1v) is 7.31. The third-order valence-electron chi connectivity index (χ3n) is 3.68. The third kappa shape index (κ3) is 3.12. The highest BCUT2D eigenvalue weighted by atomic mass is 16.2. The Hall–Kier alpha value is -1.55. The molecule has 4 nitrogen and oxygen atoms in total. The number of hydrogen-bond acceptors (Lipinski definition) is 3. The summed E-state index contributed by atoms with van der Waals surface area (Å²) in [5.74, 6) is 0.251. The van der Waals surface area contributed by atoms with Crippen LogP contribution in [0.1, 0.15) is 13.8 Å². The largest absolute Gasteiger partial charge is 0.367 e. The Kier molecular flexibility index (Phi) is 4.65. The van der Waals surface area contributed by atoms with Crippen LogP contribution in [0.5, 0.6) is 0 Å². The molecule has 0 bridgehead atoms. The van der Waals surface area contributed by atoms with Gasteiger partial charge in [-0.25, -0.2) is 0 Å². The molecule has 0 unspecified atom stereocenters. The molecular weight excluding hydrogens is 250 g/mol. The molecule has 0 atom stereocenters. The number of amides is 1. The molecule has 1 aliphatic rings. The maximum atomic E-state index is 12.3. The van der Waals surface area contributed by atoms with Gasteiger partial charge in [-0.2, -0.15) is 0 Å². The van der Waals surface area contributed by atoms with Crippen LogP contribution in [0.25, 0.3) is 0 Å². The molecule has 0 saturated carbocycles. The van der Waals surface area contributed by atoms with Crippen LogP contribution in [-0.4, -0.2) is 51.1 Å². The van der Waals surface area contributed by atoms with Crippen molar-refractivity contribution in [3.63, 3.8) is 0 Å². The van der Waals surface area contributed by atoms with Crippen LogP contribution in [0.3, 0.4) is 0 Å². The van der Waals surface area contributed by atoms with Crippen LogP contribution >= 0.6 is 0 Å². The molecule has 0 aliphatic carbocycles. The molecule has 4 heteroatoms. The van der Waals surface area contributed by atoms with Crippen LogP contribution < -0.4 is 9.80 Å². The van der Waals surface area contributed by atoms with Crippen molar-refractivity contribution >= 4 is 17.3 Å². The Morgan fingerprint density at radius 2 is 1.85 bits per heavy atom. The van der Waals surface area contributed by atoms with E-state index in [9.17, 15) is 4.79 Å². The third-order valence-corrected chi connectivity index (χ3v) is 3.68. The molecule has 1 aromatic carbocycles. The van der Waals surface area contributed by atoms with Crippen molar-refractivity contribution in [3.05, 3.63) is 24.3 Å². The Morgan fingerprint density at radius 1 is 1.20 bits per heavy atom. The summed E-state index contributed by atoms with van der Waals surface area (Å²) in [6.45, 7) is 7.62. The maximum absolute atomic E-state index is 12.3. The van der Waals surface area contributed by atoms with Crippen LogP contribution in [0.4, 0.5) is 11.4 Å². The van der Waals surface area contributed by atoms with E-state index in [0.29, 0.717) is 0 Å². The minimum Gasteiger partial charge on any atom is -0.367 e. The number of rotatable bonds is 4. The van der Waals surface area contributed by atoms with Crippen molar-refractivity contribution < 1.29 is 4.79 Å². The average Bonchev–Trinajstić information content (AvgIpc) is 2.43. The van der Waals surface area contributed by atoms with Gasteiger partial charge in [0.15, 0.2) is 0 Å². The molecule has 0 aromatic heterocycles. The fourth-order valence-electron chi connectivity index (χ4n) is 2.51. The number of carbonyl (C=O) groups is 1. The molecule has 2 rings (SSSR count). The lowest BCUT2D eigenvalue weighted by molar-refractivity contribution is -0.121. The van der Waals surface area contributed by atoms with E-state index >= 15 is 0 Å². The normalized spacial score (nSPS) is 14.9. The standard InChI is InChI=1S/C16H25N3O/c1-13(2)16(20)19-12-11-18(10-9-17(3)4)14-7-5-6-8-15(14)19/h5-8,13H,9-12H2,1-4H3. The summed E-state index contributed by atoms with van der Waals surface area (Å²) in [4.78, 5) is 18.8. The van der Waals surface area contributed by atoms with Gasteiger partial charge in [0.05, 0.1) is 11.4 Å². The van der Waals surface area contributed by atoms with Crippen molar-refractivity contribution in [2.45, 2.75) is 13.8 Å². The van der Waals surface area contributed by atoms with Gasteiger partial charge in [-0.1, -0.05) is 26.0 Å². The lowest BCUT2D eigenvalue weighted by Crippen LogP contribution is -2.47. The molecule has 1 aromatic rings. The summed E-state index contributed by atoms with van der Waals surface area (Å²) in [5, 5.41) is 0. The molecule has 1 aliphatic heterocycles. The van der Waals surface area contributed by atoms with Crippen molar-refractivity contribution in [3.8, 4) is 0 Å². The van der Waals surface area contributed by atoms with Gasteiger partial charge >= 0.3 is 0 Å². The van der Waals surface area contributed by atoms with Gasteiger partial charge in [0.25, 0.3) is 0 Å². The molecule has 0 fully saturated rings. The van der Waals surface area contributed by atoms with Crippen LogP contribution in [0, 0.1) is 5.92 Å². The minimum atomic E-state index is 0.0383. The Balaban J connectivity index is 2.23. The van der Waals surface area contributed by atoms with Gasteiger partial charge in [0.2, 0.25) is 5.91 Å². The van der Waals surface area contributed by atoms with E-state index in [1.165, 1.54) is 5.69 Å². The van der Waals surface area contributed by atoms with Gasteiger partial charge in [-0.15, -0.1) is 0 Å². The highest BCUT2D eigenvalue weighted by Crippen LogP contribution is 2.33. The summed E-state index contributed by atoms with van der Waals surface area (Å²) in [5.41, 5.74) is 2.23. The van der Waals surface area contributed by atoms with Crippen LogP contribution in [0.15, 0.2) is 24.3 Å². The van der Waals surface area contributed by atoms with E-state index in [-0.39, 0.29) is 11.8 Å². The molecule has 0 spiro atoms. The van der Waals surface area contributed by atoms with Crippen molar-refractivity contribution in [1.29, 1.82) is 0 Å². The fraction of sp³-hybridized carbons (Fsp3) is 0.562. The number of carbonyl (C=O) groups excluding carboxylic acids is 1. The van der Waals surface area contributed by atoms with Crippen molar-refractivity contribution in [1.82, 2.24) is 4.90 Å². The fourth-order valence-corrected chi connectivity index (χ4v) is 2.51. The zero-order chi connectivity index (χ0) is 14.7. The summed E-state index contributed by atoms with van der Waals surface area (Å²) in [6.07, 6.45) is 0. The van der Waals surface area contributed by atoms with Gasteiger partial charge in [-0.3, -0.25) is 4.79 Å². The van der Waals surface area contributed by atoms with E-state index < -0.39 is 0 Å². The summed E-state index contributed by atoms with van der Waals surface area (Å²) < 4.78 is 0. The second kappa shape index (κ2) is 6.27. The molecule has 20 heavy (non-hydrogen) atoms. The van der Waals surface area contributed by atoms with Gasteiger partial charge in [-0.05, 0) is 26.2 Å². The van der Waals surface area contributed by atoms with E-state index in [2.05, 4.69) is 36.0 Å². The van der Waals surface area contributed by atoms with Crippen LogP contribution in [-0.2, 0) is 4.79 Å². The van der Waals surface area contributed by atoms with Gasteiger partial charge in [0.1, 0.15) is 0 Å². The predicted molar refractivity (Wildman–Crippen MR) is 84.4 cm³/mol. The second-order valence-electron chi connectivity index (χ2n) is 5.92. The first-order chi connectivity index (χ1) is 9.50. The summed E-state index contributed by atoms with van der Waals surface area (Å²) in [6, 6.07) is 8.22. The van der Waals surface area contributed by atoms with E-state index in [4.69, 9.17) is 0 Å². The minimum absolute atomic E-state index is 0.0383. The molecule has 0 radical (unpaired) electrons. The highest BCUT2D eigenvalue weighted by Gasteiger charge is 2.27. The number of fused-ring (bicyclic) bond motifs is 1. The molecule has 110 valence electrons. The second-order valence-corrected chi connectivity index (χ2v) is 5.92. The molecule has 0 saturated heterocycles. The molecule has 1 amide bonds. The van der Waals surface area contributed by atoms with Crippen molar-refractivity contribution in [2.75, 3.05) is 50.1 Å². The number of nitrogens with zero attached hydrogens (tertiary/aromatic N) is 3. The first kappa shape index (κ1) is 14.9. The first-order valence-electron chi connectivity index (χ1n) is 7.31.